The second-order valence-electron chi connectivity index (χ2n) is 7.30. The van der Waals surface area contributed by atoms with E-state index in [1.165, 1.54) is 24.1 Å². The molecule has 5 nitrogen and oxygen atoms in total. The number of thiophene rings is 1. The van der Waals surface area contributed by atoms with Crippen molar-refractivity contribution in [3.63, 3.8) is 0 Å². The summed E-state index contributed by atoms with van der Waals surface area (Å²) in [6.07, 6.45) is 9.66. The van der Waals surface area contributed by atoms with Crippen LogP contribution in [0.1, 0.15) is 68.2 Å². The van der Waals surface area contributed by atoms with Crippen LogP contribution in [0.5, 0.6) is 5.88 Å². The Kier molecular flexibility index (Phi) is 4.63. The van der Waals surface area contributed by atoms with Crippen molar-refractivity contribution in [2.75, 3.05) is 0 Å². The molecule has 0 radical (unpaired) electrons. The van der Waals surface area contributed by atoms with E-state index in [-0.39, 0.29) is 18.4 Å². The summed E-state index contributed by atoms with van der Waals surface area (Å²) in [6, 6.07) is 0. The van der Waals surface area contributed by atoms with Crippen molar-refractivity contribution in [1.29, 1.82) is 0 Å². The van der Waals surface area contributed by atoms with Gasteiger partial charge in [0.05, 0.1) is 11.8 Å². The standard InChI is InChI=1S/C19H24N2O3S/c1-2-11-3-6-13(7-4-11)24-18-17-16-12(9-15(22)23)5-8-14(16)25-19(17)21-10-20-18/h10-13H,2-9H2,1H3,(H,22,23)/t11?,12-,13?/m1/s1. The Morgan fingerprint density at radius 3 is 2.80 bits per heavy atom. The van der Waals surface area contributed by atoms with E-state index in [9.17, 15) is 9.90 Å². The zero-order valence-corrected chi connectivity index (χ0v) is 15.3. The molecule has 0 aliphatic heterocycles. The molecule has 1 N–H and O–H groups in total. The molecule has 1 fully saturated rings. The number of nitrogens with zero attached hydrogens (tertiary/aromatic N) is 2. The summed E-state index contributed by atoms with van der Waals surface area (Å²) in [5.41, 5.74) is 1.14. The van der Waals surface area contributed by atoms with Crippen LogP contribution in [-0.4, -0.2) is 27.1 Å². The van der Waals surface area contributed by atoms with E-state index in [2.05, 4.69) is 16.9 Å². The van der Waals surface area contributed by atoms with Crippen LogP contribution in [-0.2, 0) is 11.2 Å². The molecule has 2 aliphatic rings. The Hall–Kier alpha value is -1.69. The van der Waals surface area contributed by atoms with Gasteiger partial charge in [0.2, 0.25) is 5.88 Å². The highest BCUT2D eigenvalue weighted by Gasteiger charge is 2.32. The molecular weight excluding hydrogens is 336 g/mol. The van der Waals surface area contributed by atoms with Crippen molar-refractivity contribution in [3.8, 4) is 5.88 Å². The fraction of sp³-hybridized carbons (Fsp3) is 0.632. The van der Waals surface area contributed by atoms with E-state index in [1.54, 1.807) is 17.7 Å². The van der Waals surface area contributed by atoms with Gasteiger partial charge in [0.1, 0.15) is 17.3 Å². The van der Waals surface area contributed by atoms with E-state index in [1.807, 2.05) is 0 Å². The van der Waals surface area contributed by atoms with Crippen molar-refractivity contribution in [1.82, 2.24) is 9.97 Å². The lowest BCUT2D eigenvalue weighted by molar-refractivity contribution is -0.137. The summed E-state index contributed by atoms with van der Waals surface area (Å²) in [4.78, 5) is 22.3. The number of carboxylic acids is 1. The normalized spacial score (nSPS) is 25.9. The topological polar surface area (TPSA) is 72.3 Å². The first-order valence-corrected chi connectivity index (χ1v) is 10.1. The van der Waals surface area contributed by atoms with Gasteiger partial charge in [-0.15, -0.1) is 11.3 Å². The van der Waals surface area contributed by atoms with Crippen molar-refractivity contribution < 1.29 is 14.6 Å². The Morgan fingerprint density at radius 1 is 1.28 bits per heavy atom. The molecule has 0 amide bonds. The van der Waals surface area contributed by atoms with Gasteiger partial charge in [-0.3, -0.25) is 4.79 Å². The first-order valence-electron chi connectivity index (χ1n) is 9.30. The highest BCUT2D eigenvalue weighted by atomic mass is 32.1. The Labute approximate surface area is 151 Å². The third kappa shape index (κ3) is 3.24. The summed E-state index contributed by atoms with van der Waals surface area (Å²) in [5, 5.41) is 10.2. The highest BCUT2D eigenvalue weighted by molar-refractivity contribution is 7.19. The van der Waals surface area contributed by atoms with Gasteiger partial charge in [-0.1, -0.05) is 13.3 Å². The second-order valence-corrected chi connectivity index (χ2v) is 8.38. The maximum atomic E-state index is 11.2. The van der Waals surface area contributed by atoms with Crippen molar-refractivity contribution >= 4 is 27.5 Å². The maximum Gasteiger partial charge on any atom is 0.303 e. The molecule has 0 spiro atoms. The van der Waals surface area contributed by atoms with Gasteiger partial charge in [-0.25, -0.2) is 9.97 Å². The molecule has 25 heavy (non-hydrogen) atoms. The number of aryl methyl sites for hydroxylation is 1. The molecule has 6 heteroatoms. The number of hydrogen-bond donors (Lipinski definition) is 1. The first-order chi connectivity index (χ1) is 12.2. The zero-order valence-electron chi connectivity index (χ0n) is 14.5. The minimum atomic E-state index is -0.741. The average Bonchev–Trinajstić information content (AvgIpc) is 3.15. The summed E-state index contributed by atoms with van der Waals surface area (Å²) in [7, 11) is 0. The predicted octanol–water partition coefficient (Wildman–Crippen LogP) is 4.54. The van der Waals surface area contributed by atoms with E-state index in [0.29, 0.717) is 5.88 Å². The third-order valence-corrected chi connectivity index (χ3v) is 6.94. The van der Waals surface area contributed by atoms with Crippen LogP contribution in [0.25, 0.3) is 10.2 Å². The van der Waals surface area contributed by atoms with E-state index in [0.717, 1.165) is 47.4 Å². The monoisotopic (exact) mass is 360 g/mol. The van der Waals surface area contributed by atoms with Gasteiger partial charge in [-0.05, 0) is 55.9 Å². The molecule has 1 atom stereocenters. The minimum Gasteiger partial charge on any atom is -0.481 e. The van der Waals surface area contributed by atoms with E-state index < -0.39 is 5.97 Å². The largest absolute Gasteiger partial charge is 0.481 e. The van der Waals surface area contributed by atoms with Crippen molar-refractivity contribution in [2.45, 2.75) is 70.3 Å². The Balaban J connectivity index is 1.63. The molecule has 2 heterocycles. The van der Waals surface area contributed by atoms with Gasteiger partial charge >= 0.3 is 5.97 Å². The molecule has 134 valence electrons. The van der Waals surface area contributed by atoms with E-state index in [4.69, 9.17) is 4.74 Å². The lowest BCUT2D eigenvalue weighted by Gasteiger charge is -2.28. The van der Waals surface area contributed by atoms with Crippen LogP contribution in [0.3, 0.4) is 0 Å². The first kappa shape index (κ1) is 16.8. The lowest BCUT2D eigenvalue weighted by atomic mass is 9.86. The fourth-order valence-corrected chi connectivity index (χ4v) is 5.59. The van der Waals surface area contributed by atoms with Crippen LogP contribution in [0.4, 0.5) is 0 Å². The van der Waals surface area contributed by atoms with Crippen LogP contribution in [0.2, 0.25) is 0 Å². The van der Waals surface area contributed by atoms with Gasteiger partial charge in [0, 0.05) is 4.88 Å². The third-order valence-electron chi connectivity index (χ3n) is 5.77. The molecule has 0 aromatic carbocycles. The molecule has 0 bridgehead atoms. The number of carboxylic acid groups (broad SMARTS) is 1. The number of ether oxygens (including phenoxy) is 1. The molecule has 0 saturated heterocycles. The van der Waals surface area contributed by atoms with Crippen molar-refractivity contribution in [3.05, 3.63) is 16.8 Å². The number of rotatable bonds is 5. The quantitative estimate of drug-likeness (QED) is 0.847. The number of aromatic nitrogens is 2. The number of fused-ring (bicyclic) bond motifs is 3. The van der Waals surface area contributed by atoms with Gasteiger partial charge < -0.3 is 9.84 Å². The van der Waals surface area contributed by atoms with Gasteiger partial charge in [-0.2, -0.15) is 0 Å². The molecular formula is C19H24N2O3S. The number of hydrogen-bond acceptors (Lipinski definition) is 5. The lowest BCUT2D eigenvalue weighted by Crippen LogP contribution is -2.24. The molecule has 4 rings (SSSR count). The summed E-state index contributed by atoms with van der Waals surface area (Å²) < 4.78 is 6.31. The maximum absolute atomic E-state index is 11.2. The van der Waals surface area contributed by atoms with Crippen LogP contribution >= 0.6 is 11.3 Å². The van der Waals surface area contributed by atoms with Gasteiger partial charge in [0.15, 0.2) is 0 Å². The predicted molar refractivity (Wildman–Crippen MR) is 97.4 cm³/mol. The summed E-state index contributed by atoms with van der Waals surface area (Å²) >= 11 is 1.67. The minimum absolute atomic E-state index is 0.0606. The molecule has 1 saturated carbocycles. The van der Waals surface area contributed by atoms with Crippen LogP contribution in [0.15, 0.2) is 6.33 Å². The summed E-state index contributed by atoms with van der Waals surface area (Å²) in [6.45, 7) is 2.26. The van der Waals surface area contributed by atoms with Gasteiger partial charge in [0.25, 0.3) is 0 Å². The van der Waals surface area contributed by atoms with E-state index >= 15 is 0 Å². The SMILES string of the molecule is CCC1CCC(Oc2ncnc3sc4c(c23)[C@@H](CC(=O)O)CC4)CC1. The highest BCUT2D eigenvalue weighted by Crippen LogP contribution is 2.47. The smallest absolute Gasteiger partial charge is 0.303 e. The van der Waals surface area contributed by atoms with Crippen molar-refractivity contribution in [2.24, 2.45) is 5.92 Å². The number of carbonyl (C=O) groups is 1. The van der Waals surface area contributed by atoms with Crippen LogP contribution in [0, 0.1) is 5.92 Å². The molecule has 2 aromatic heterocycles. The average molecular weight is 360 g/mol. The Bertz CT molecular complexity index is 780. The fourth-order valence-electron chi connectivity index (χ4n) is 4.36. The second kappa shape index (κ2) is 6.90. The summed E-state index contributed by atoms with van der Waals surface area (Å²) in [5.74, 6) is 0.815. The Morgan fingerprint density at radius 2 is 2.08 bits per heavy atom. The number of aliphatic carboxylic acids is 1. The zero-order chi connectivity index (χ0) is 17.4. The molecule has 0 unspecified atom stereocenters. The molecule has 2 aliphatic carbocycles. The van der Waals surface area contributed by atoms with Crippen LogP contribution < -0.4 is 4.74 Å². The molecule has 2 aromatic rings.